The molecule has 0 bridgehead atoms. The lowest BCUT2D eigenvalue weighted by atomic mass is 10.0. The Bertz CT molecular complexity index is 317. The van der Waals surface area contributed by atoms with Crippen molar-refractivity contribution in [1.29, 1.82) is 0 Å². The minimum Gasteiger partial charge on any atom is -0.481 e. The van der Waals surface area contributed by atoms with E-state index in [-0.39, 0.29) is 24.4 Å². The van der Waals surface area contributed by atoms with Gasteiger partial charge in [0.2, 0.25) is 0 Å². The molecule has 2 amide bonds. The van der Waals surface area contributed by atoms with Crippen LogP contribution >= 0.6 is 0 Å². The Labute approximate surface area is 119 Å². The van der Waals surface area contributed by atoms with Crippen LogP contribution in [-0.4, -0.2) is 67.4 Å². The topological polar surface area (TPSA) is 90.9 Å². The maximum absolute atomic E-state index is 11.7. The lowest BCUT2D eigenvalue weighted by Gasteiger charge is -2.27. The summed E-state index contributed by atoms with van der Waals surface area (Å²) in [5, 5.41) is 14.3. The molecule has 1 fully saturated rings. The number of nitrogens with zero attached hydrogens (tertiary/aromatic N) is 1. The zero-order valence-electron chi connectivity index (χ0n) is 12.2. The highest BCUT2D eigenvalue weighted by Gasteiger charge is 2.19. The van der Waals surface area contributed by atoms with Crippen molar-refractivity contribution in [3.63, 3.8) is 0 Å². The Morgan fingerprint density at radius 3 is 2.50 bits per heavy atom. The Kier molecular flexibility index (Phi) is 7.32. The Morgan fingerprint density at radius 2 is 1.95 bits per heavy atom. The highest BCUT2D eigenvalue weighted by Crippen LogP contribution is 2.05. The third kappa shape index (κ3) is 6.72. The number of hydrogen-bond donors (Lipinski definition) is 3. The van der Waals surface area contributed by atoms with Crippen LogP contribution in [0.1, 0.15) is 20.3 Å². The second-order valence-electron chi connectivity index (χ2n) is 5.30. The number of amides is 2. The molecule has 1 aliphatic rings. The van der Waals surface area contributed by atoms with E-state index in [1.54, 1.807) is 0 Å². The number of urea groups is 1. The maximum Gasteiger partial charge on any atom is 0.315 e. The van der Waals surface area contributed by atoms with Crippen molar-refractivity contribution in [3.8, 4) is 0 Å². The van der Waals surface area contributed by atoms with Gasteiger partial charge in [-0.2, -0.15) is 0 Å². The van der Waals surface area contributed by atoms with E-state index >= 15 is 0 Å². The number of carbonyl (C=O) groups excluding carboxylic acids is 1. The van der Waals surface area contributed by atoms with Gasteiger partial charge in [-0.15, -0.1) is 0 Å². The summed E-state index contributed by atoms with van der Waals surface area (Å²) in [7, 11) is 0. The summed E-state index contributed by atoms with van der Waals surface area (Å²) < 4.78 is 5.25. The average Bonchev–Trinajstić information content (AvgIpc) is 2.38. The van der Waals surface area contributed by atoms with Crippen molar-refractivity contribution in [2.24, 2.45) is 5.92 Å². The number of carboxylic acids is 1. The summed E-state index contributed by atoms with van der Waals surface area (Å²) in [5.41, 5.74) is 0. The number of morpholine rings is 1. The highest BCUT2D eigenvalue weighted by atomic mass is 16.5. The molecule has 1 rings (SSSR count). The van der Waals surface area contributed by atoms with E-state index in [1.807, 2.05) is 13.8 Å². The third-order valence-corrected chi connectivity index (χ3v) is 3.33. The summed E-state index contributed by atoms with van der Waals surface area (Å²) in [6, 6.07) is -0.658. The standard InChI is InChI=1S/C13H25N3O4/c1-10(2)11(9-12(17)18)15-13(19)14-3-4-16-5-7-20-8-6-16/h10-11H,3-9H2,1-2H3,(H,17,18)(H2,14,15,19). The number of nitrogens with one attached hydrogen (secondary N) is 2. The molecular formula is C13H25N3O4. The fourth-order valence-corrected chi connectivity index (χ4v) is 2.01. The first kappa shape index (κ1) is 16.7. The van der Waals surface area contributed by atoms with E-state index in [0.717, 1.165) is 32.8 Å². The third-order valence-electron chi connectivity index (χ3n) is 3.33. The van der Waals surface area contributed by atoms with Crippen molar-refractivity contribution in [3.05, 3.63) is 0 Å². The number of carbonyl (C=O) groups is 2. The first-order chi connectivity index (χ1) is 9.49. The van der Waals surface area contributed by atoms with Gasteiger partial charge in [-0.3, -0.25) is 9.69 Å². The van der Waals surface area contributed by atoms with E-state index in [1.165, 1.54) is 0 Å². The van der Waals surface area contributed by atoms with Gasteiger partial charge in [-0.1, -0.05) is 13.8 Å². The molecule has 1 atom stereocenters. The van der Waals surface area contributed by atoms with E-state index in [2.05, 4.69) is 15.5 Å². The second kappa shape index (κ2) is 8.76. The van der Waals surface area contributed by atoms with Crippen molar-refractivity contribution in [2.45, 2.75) is 26.3 Å². The van der Waals surface area contributed by atoms with Crippen LogP contribution in [0.3, 0.4) is 0 Å². The number of ether oxygens (including phenoxy) is 1. The molecule has 0 aromatic rings. The van der Waals surface area contributed by atoms with Gasteiger partial charge in [0.25, 0.3) is 0 Å². The molecule has 0 spiro atoms. The summed E-state index contributed by atoms with van der Waals surface area (Å²) in [6.45, 7) is 8.35. The molecule has 7 nitrogen and oxygen atoms in total. The molecule has 7 heteroatoms. The molecule has 1 saturated heterocycles. The normalized spacial score (nSPS) is 17.8. The first-order valence-electron chi connectivity index (χ1n) is 7.05. The SMILES string of the molecule is CC(C)C(CC(=O)O)NC(=O)NCCN1CCOCC1. The van der Waals surface area contributed by atoms with E-state index in [9.17, 15) is 9.59 Å². The van der Waals surface area contributed by atoms with Crippen LogP contribution < -0.4 is 10.6 Å². The summed E-state index contributed by atoms with van der Waals surface area (Å²) in [6.07, 6.45) is -0.0610. The van der Waals surface area contributed by atoms with Gasteiger partial charge in [0.1, 0.15) is 0 Å². The predicted molar refractivity (Wildman–Crippen MR) is 74.7 cm³/mol. The molecule has 0 aliphatic carbocycles. The molecule has 3 N–H and O–H groups in total. The largest absolute Gasteiger partial charge is 0.481 e. The Balaban J connectivity index is 2.21. The van der Waals surface area contributed by atoms with E-state index in [4.69, 9.17) is 9.84 Å². The monoisotopic (exact) mass is 287 g/mol. The van der Waals surface area contributed by atoms with Crippen molar-refractivity contribution >= 4 is 12.0 Å². The summed E-state index contributed by atoms with van der Waals surface area (Å²) in [4.78, 5) is 24.7. The smallest absolute Gasteiger partial charge is 0.315 e. The lowest BCUT2D eigenvalue weighted by Crippen LogP contribution is -2.48. The van der Waals surface area contributed by atoms with Crippen LogP contribution in [0.4, 0.5) is 4.79 Å². The average molecular weight is 287 g/mol. The predicted octanol–water partition coefficient (Wildman–Crippen LogP) is 0.117. The minimum absolute atomic E-state index is 0.0610. The first-order valence-corrected chi connectivity index (χ1v) is 7.05. The van der Waals surface area contributed by atoms with Crippen LogP contribution in [0.15, 0.2) is 0 Å². The highest BCUT2D eigenvalue weighted by molar-refractivity contribution is 5.75. The van der Waals surface area contributed by atoms with Crippen LogP contribution in [0.5, 0.6) is 0 Å². The van der Waals surface area contributed by atoms with Gasteiger partial charge in [0, 0.05) is 32.2 Å². The maximum atomic E-state index is 11.7. The van der Waals surface area contributed by atoms with E-state index < -0.39 is 5.97 Å². The molecule has 1 unspecified atom stereocenters. The molecule has 0 radical (unpaired) electrons. The number of hydrogen-bond acceptors (Lipinski definition) is 4. The van der Waals surface area contributed by atoms with Gasteiger partial charge < -0.3 is 20.5 Å². The number of carboxylic acid groups (broad SMARTS) is 1. The fourth-order valence-electron chi connectivity index (χ4n) is 2.01. The van der Waals surface area contributed by atoms with Crippen LogP contribution in [0, 0.1) is 5.92 Å². The summed E-state index contributed by atoms with van der Waals surface area (Å²) in [5.74, 6) is -0.826. The number of rotatable bonds is 7. The summed E-state index contributed by atoms with van der Waals surface area (Å²) >= 11 is 0. The van der Waals surface area contributed by atoms with Gasteiger partial charge in [0.15, 0.2) is 0 Å². The molecule has 1 heterocycles. The fraction of sp³-hybridized carbons (Fsp3) is 0.846. The minimum atomic E-state index is -0.905. The van der Waals surface area contributed by atoms with Gasteiger partial charge in [0.05, 0.1) is 19.6 Å². The van der Waals surface area contributed by atoms with Crippen LogP contribution in [0.2, 0.25) is 0 Å². The molecule has 116 valence electrons. The molecule has 20 heavy (non-hydrogen) atoms. The van der Waals surface area contributed by atoms with Gasteiger partial charge >= 0.3 is 12.0 Å². The van der Waals surface area contributed by atoms with Crippen LogP contribution in [0.25, 0.3) is 0 Å². The lowest BCUT2D eigenvalue weighted by molar-refractivity contribution is -0.137. The van der Waals surface area contributed by atoms with Crippen molar-refractivity contribution < 1.29 is 19.4 Å². The van der Waals surface area contributed by atoms with Gasteiger partial charge in [-0.25, -0.2) is 4.79 Å². The molecular weight excluding hydrogens is 262 g/mol. The van der Waals surface area contributed by atoms with Crippen LogP contribution in [-0.2, 0) is 9.53 Å². The molecule has 0 aromatic carbocycles. The molecule has 0 saturated carbocycles. The molecule has 0 aromatic heterocycles. The van der Waals surface area contributed by atoms with E-state index in [0.29, 0.717) is 6.54 Å². The second-order valence-corrected chi connectivity index (χ2v) is 5.30. The Hall–Kier alpha value is -1.34. The zero-order chi connectivity index (χ0) is 15.0. The van der Waals surface area contributed by atoms with Crippen molar-refractivity contribution in [1.82, 2.24) is 15.5 Å². The Morgan fingerprint density at radius 1 is 1.30 bits per heavy atom. The zero-order valence-corrected chi connectivity index (χ0v) is 12.2. The molecule has 1 aliphatic heterocycles. The van der Waals surface area contributed by atoms with Gasteiger partial charge in [-0.05, 0) is 5.92 Å². The quantitative estimate of drug-likeness (QED) is 0.618. The number of aliphatic carboxylic acids is 1. The van der Waals surface area contributed by atoms with Crippen molar-refractivity contribution in [2.75, 3.05) is 39.4 Å².